The zero-order valence-electron chi connectivity index (χ0n) is 20.0. The summed E-state index contributed by atoms with van der Waals surface area (Å²) in [6, 6.07) is 23.2. The van der Waals surface area contributed by atoms with Crippen molar-refractivity contribution in [2.24, 2.45) is 0 Å². The van der Waals surface area contributed by atoms with Crippen LogP contribution < -0.4 is 10.4 Å². The zero-order chi connectivity index (χ0) is 23.6. The second kappa shape index (κ2) is 12.9. The zero-order valence-corrected chi connectivity index (χ0v) is 22.6. The number of aliphatic hydroxyl groups is 1. The average molecular weight is 488 g/mol. The monoisotopic (exact) mass is 487 g/mol. The molecule has 0 spiro atoms. The van der Waals surface area contributed by atoms with Gasteiger partial charge in [-0.25, -0.2) is 0 Å². The van der Waals surface area contributed by atoms with Crippen molar-refractivity contribution in [3.05, 3.63) is 60.7 Å². The van der Waals surface area contributed by atoms with Gasteiger partial charge in [-0.3, -0.25) is 0 Å². The maximum Gasteiger partial charge on any atom is 0.261 e. The fourth-order valence-electron chi connectivity index (χ4n) is 4.17. The van der Waals surface area contributed by atoms with Gasteiger partial charge in [-0.05, 0) is 33.3 Å². The van der Waals surface area contributed by atoms with Gasteiger partial charge in [0, 0.05) is 0 Å². The highest BCUT2D eigenvalue weighted by atomic mass is 32.2. The van der Waals surface area contributed by atoms with Crippen LogP contribution in [0, 0.1) is 11.3 Å². The number of aliphatic hydroxyl groups excluding tert-OH is 1. The molecule has 6 heteroatoms. The van der Waals surface area contributed by atoms with E-state index in [2.05, 4.69) is 89.2 Å². The largest absolute Gasteiger partial charge is 0.402 e. The van der Waals surface area contributed by atoms with E-state index in [9.17, 15) is 10.4 Å². The van der Waals surface area contributed by atoms with Crippen LogP contribution in [0.15, 0.2) is 60.7 Å². The Labute approximate surface area is 204 Å². The van der Waals surface area contributed by atoms with Crippen molar-refractivity contribution < 1.29 is 9.53 Å². The lowest BCUT2D eigenvalue weighted by molar-refractivity contribution is 0.0307. The second-order valence-corrected chi connectivity index (χ2v) is 16.3. The molecule has 0 saturated carbocycles. The van der Waals surface area contributed by atoms with E-state index in [0.717, 1.165) is 11.5 Å². The molecule has 2 aromatic rings. The maximum absolute atomic E-state index is 11.1. The van der Waals surface area contributed by atoms with E-state index in [-0.39, 0.29) is 11.5 Å². The average Bonchev–Trinajstić information content (AvgIpc) is 2.77. The Balaban J connectivity index is 2.63. The molecule has 0 fully saturated rings. The first kappa shape index (κ1) is 27.0. The summed E-state index contributed by atoms with van der Waals surface area (Å²) in [5.74, 6) is 2.02. The van der Waals surface area contributed by atoms with Gasteiger partial charge in [0.1, 0.15) is 0 Å². The van der Waals surface area contributed by atoms with Crippen molar-refractivity contribution in [1.29, 1.82) is 5.26 Å². The van der Waals surface area contributed by atoms with Crippen LogP contribution >= 0.6 is 23.5 Å². The fourth-order valence-corrected chi connectivity index (χ4v) is 11.5. The summed E-state index contributed by atoms with van der Waals surface area (Å²) in [5.41, 5.74) is 0. The molecular weight excluding hydrogens is 451 g/mol. The highest BCUT2D eigenvalue weighted by Gasteiger charge is 2.52. The molecule has 0 aliphatic rings. The van der Waals surface area contributed by atoms with Crippen LogP contribution in [0.2, 0.25) is 5.04 Å². The lowest BCUT2D eigenvalue weighted by atomic mass is 10.1. The smallest absolute Gasteiger partial charge is 0.261 e. The van der Waals surface area contributed by atoms with Gasteiger partial charge in [0.25, 0.3) is 8.32 Å². The van der Waals surface area contributed by atoms with E-state index in [4.69, 9.17) is 4.43 Å². The molecule has 174 valence electrons. The Morgan fingerprint density at radius 2 is 1.41 bits per heavy atom. The number of nitriles is 1. The van der Waals surface area contributed by atoms with E-state index in [1.54, 1.807) is 0 Å². The van der Waals surface area contributed by atoms with E-state index in [1.807, 2.05) is 35.7 Å². The molecule has 0 unspecified atom stereocenters. The molecule has 2 atom stereocenters. The number of nitrogens with zero attached hydrogens (tertiary/aromatic N) is 1. The van der Waals surface area contributed by atoms with E-state index < -0.39 is 20.5 Å². The molecule has 32 heavy (non-hydrogen) atoms. The number of thioether (sulfide) groups is 2. The van der Waals surface area contributed by atoms with Crippen LogP contribution in [0.5, 0.6) is 0 Å². The molecule has 2 rings (SSSR count). The molecule has 0 radical (unpaired) electrons. The van der Waals surface area contributed by atoms with E-state index >= 15 is 0 Å². The fraction of sp³-hybridized carbons (Fsp3) is 0.500. The third kappa shape index (κ3) is 6.65. The summed E-state index contributed by atoms with van der Waals surface area (Å²) >= 11 is 3.79. The Hall–Kier alpha value is -1.23. The number of hydrogen-bond acceptors (Lipinski definition) is 5. The molecule has 0 bridgehead atoms. The van der Waals surface area contributed by atoms with Crippen molar-refractivity contribution in [2.45, 2.75) is 69.3 Å². The molecule has 0 heterocycles. The summed E-state index contributed by atoms with van der Waals surface area (Å²) in [4.78, 5) is 0. The van der Waals surface area contributed by atoms with Crippen molar-refractivity contribution in [3.63, 3.8) is 0 Å². The Morgan fingerprint density at radius 1 is 0.938 bits per heavy atom. The lowest BCUT2D eigenvalue weighted by Gasteiger charge is -2.46. The van der Waals surface area contributed by atoms with Gasteiger partial charge in [0.2, 0.25) is 0 Å². The summed E-state index contributed by atoms with van der Waals surface area (Å²) in [6.07, 6.45) is -0.448. The summed E-state index contributed by atoms with van der Waals surface area (Å²) in [7, 11) is -2.80. The van der Waals surface area contributed by atoms with Crippen molar-refractivity contribution >= 4 is 42.2 Å². The standard InChI is InChI=1S/C26H37NO2S2Si/c1-6-30-25(31-7-2)20-24(23(28)18-19-27)29-32(26(3,4)5,21-14-10-8-11-15-21)22-16-12-9-13-17-22/h8-17,23-25,28H,6-7,18,20H2,1-5H3/t23-,24+/m1/s1. The van der Waals surface area contributed by atoms with E-state index in [1.165, 1.54) is 10.4 Å². The van der Waals surface area contributed by atoms with Crippen LogP contribution in [-0.4, -0.2) is 41.7 Å². The minimum Gasteiger partial charge on any atom is -0.402 e. The van der Waals surface area contributed by atoms with Gasteiger partial charge in [0.05, 0.1) is 29.3 Å². The highest BCUT2D eigenvalue weighted by Crippen LogP contribution is 2.39. The van der Waals surface area contributed by atoms with Crippen molar-refractivity contribution in [3.8, 4) is 6.07 Å². The van der Waals surface area contributed by atoms with Gasteiger partial charge in [-0.1, -0.05) is 95.3 Å². The van der Waals surface area contributed by atoms with Crippen molar-refractivity contribution in [1.82, 2.24) is 0 Å². The van der Waals surface area contributed by atoms with Gasteiger partial charge >= 0.3 is 0 Å². The molecule has 1 N–H and O–H groups in total. The van der Waals surface area contributed by atoms with Crippen molar-refractivity contribution in [2.75, 3.05) is 11.5 Å². The van der Waals surface area contributed by atoms with Crippen LogP contribution in [-0.2, 0) is 4.43 Å². The molecular formula is C26H37NO2S2Si. The molecule has 0 amide bonds. The predicted octanol–water partition coefficient (Wildman–Crippen LogP) is 5.43. The van der Waals surface area contributed by atoms with Gasteiger partial charge in [-0.2, -0.15) is 5.26 Å². The van der Waals surface area contributed by atoms with Gasteiger partial charge in [-0.15, -0.1) is 23.5 Å². The minimum atomic E-state index is -2.80. The topological polar surface area (TPSA) is 53.2 Å². The third-order valence-corrected chi connectivity index (χ3v) is 13.3. The minimum absolute atomic E-state index is 0.0726. The Kier molecular flexibility index (Phi) is 10.9. The van der Waals surface area contributed by atoms with Crippen LogP contribution in [0.4, 0.5) is 0 Å². The predicted molar refractivity (Wildman–Crippen MR) is 143 cm³/mol. The number of benzene rings is 2. The molecule has 0 aromatic heterocycles. The summed E-state index contributed by atoms with van der Waals surface area (Å²) < 4.78 is 7.54. The van der Waals surface area contributed by atoms with E-state index in [0.29, 0.717) is 11.0 Å². The number of hydrogen-bond donors (Lipinski definition) is 1. The maximum atomic E-state index is 11.1. The normalized spacial score (nSPS) is 14.2. The Morgan fingerprint density at radius 3 is 1.78 bits per heavy atom. The van der Waals surface area contributed by atoms with Crippen LogP contribution in [0.1, 0.15) is 47.5 Å². The third-order valence-electron chi connectivity index (χ3n) is 5.60. The molecule has 0 saturated heterocycles. The van der Waals surface area contributed by atoms with Crippen LogP contribution in [0.25, 0.3) is 0 Å². The second-order valence-electron chi connectivity index (χ2n) is 8.83. The Bertz CT molecular complexity index is 791. The molecule has 2 aromatic carbocycles. The quantitative estimate of drug-likeness (QED) is 0.320. The van der Waals surface area contributed by atoms with Crippen LogP contribution in [0.3, 0.4) is 0 Å². The summed E-state index contributed by atoms with van der Waals surface area (Å²) in [6.45, 7) is 11.1. The molecule has 3 nitrogen and oxygen atoms in total. The highest BCUT2D eigenvalue weighted by molar-refractivity contribution is 8.16. The SMILES string of the molecule is CCSC(C[C@H](O[Si](c1ccccc1)(c1ccccc1)C(C)(C)C)[C@H](O)CC#N)SCC. The molecule has 0 aliphatic carbocycles. The van der Waals surface area contributed by atoms with Gasteiger partial charge in [0.15, 0.2) is 0 Å². The molecule has 0 aliphatic heterocycles. The first-order chi connectivity index (χ1) is 15.3. The first-order valence-corrected chi connectivity index (χ1v) is 15.4. The van der Waals surface area contributed by atoms with Gasteiger partial charge < -0.3 is 9.53 Å². The lowest BCUT2D eigenvalue weighted by Crippen LogP contribution is -2.68. The first-order valence-electron chi connectivity index (χ1n) is 11.4. The summed E-state index contributed by atoms with van der Waals surface area (Å²) in [5, 5.41) is 22.6. The number of rotatable bonds is 12.